The van der Waals surface area contributed by atoms with E-state index in [1.165, 1.54) is 0 Å². The Kier molecular flexibility index (Phi) is 8.62. The average molecular weight is 509 g/mol. The van der Waals surface area contributed by atoms with Crippen molar-refractivity contribution in [3.05, 3.63) is 82.4 Å². The van der Waals surface area contributed by atoms with E-state index in [-0.39, 0.29) is 36.4 Å². The van der Waals surface area contributed by atoms with Crippen molar-refractivity contribution in [2.75, 3.05) is 12.8 Å². The highest BCUT2D eigenvalue weighted by Crippen LogP contribution is 2.47. The van der Waals surface area contributed by atoms with Crippen LogP contribution in [0.1, 0.15) is 49.3 Å². The third kappa shape index (κ3) is 6.38. The van der Waals surface area contributed by atoms with E-state index in [0.717, 1.165) is 17.4 Å². The van der Waals surface area contributed by atoms with Crippen LogP contribution in [0.25, 0.3) is 0 Å². The van der Waals surface area contributed by atoms with Crippen LogP contribution in [-0.2, 0) is 14.8 Å². The average Bonchev–Trinajstić information content (AvgIpc) is 2.76. The van der Waals surface area contributed by atoms with Gasteiger partial charge in [0.05, 0.1) is 12.3 Å². The lowest BCUT2D eigenvalue weighted by atomic mass is 9.74. The van der Waals surface area contributed by atoms with Crippen molar-refractivity contribution in [2.24, 2.45) is 5.92 Å². The Balaban J connectivity index is 2.15. The number of halogens is 2. The van der Waals surface area contributed by atoms with Crippen LogP contribution in [0.15, 0.2) is 61.2 Å². The highest BCUT2D eigenvalue weighted by Gasteiger charge is 2.45. The predicted octanol–water partition coefficient (Wildman–Crippen LogP) is 5.57. The van der Waals surface area contributed by atoms with Crippen LogP contribution in [0.4, 0.5) is 0 Å². The molecule has 2 aromatic carbocycles. The number of nitrogens with one attached hydrogen (secondary N) is 1. The Morgan fingerprint density at radius 3 is 2.42 bits per heavy atom. The lowest BCUT2D eigenvalue weighted by molar-refractivity contribution is -0.146. The van der Waals surface area contributed by atoms with Crippen LogP contribution < -0.4 is 4.72 Å². The minimum Gasteiger partial charge on any atom is -0.330 e. The fourth-order valence-corrected chi connectivity index (χ4v) is 5.50. The molecule has 0 spiro atoms. The zero-order chi connectivity index (χ0) is 24.2. The van der Waals surface area contributed by atoms with E-state index in [0.29, 0.717) is 29.3 Å². The summed E-state index contributed by atoms with van der Waals surface area (Å²) in [5.41, 5.74) is 1.99. The molecule has 178 valence electrons. The Hall–Kier alpha value is -1.86. The molecule has 8 heteroatoms. The van der Waals surface area contributed by atoms with Crippen LogP contribution in [0.2, 0.25) is 10.0 Å². The Morgan fingerprint density at radius 2 is 1.85 bits per heavy atom. The third-order valence-corrected chi connectivity index (χ3v) is 7.39. The van der Waals surface area contributed by atoms with Gasteiger partial charge in [-0.25, -0.2) is 13.1 Å². The number of carbonyl (C=O) groups excluding carboxylic acids is 1. The quantitative estimate of drug-likeness (QED) is 0.450. The van der Waals surface area contributed by atoms with Gasteiger partial charge in [0.15, 0.2) is 0 Å². The van der Waals surface area contributed by atoms with Gasteiger partial charge in [-0.15, -0.1) is 6.58 Å². The van der Waals surface area contributed by atoms with Gasteiger partial charge in [0.2, 0.25) is 15.9 Å². The van der Waals surface area contributed by atoms with Crippen LogP contribution in [0.3, 0.4) is 0 Å². The van der Waals surface area contributed by atoms with Gasteiger partial charge in [0.1, 0.15) is 0 Å². The molecular formula is C25H30Cl2N2O3S. The monoisotopic (exact) mass is 508 g/mol. The third-order valence-electron chi connectivity index (χ3n) is 6.21. The number of allylic oxidation sites excluding steroid dienone is 1. The number of hydrogen-bond acceptors (Lipinski definition) is 3. The fraction of sp³-hybridized carbons (Fsp3) is 0.400. The fourth-order valence-electron chi connectivity index (χ4n) is 4.68. The predicted molar refractivity (Wildman–Crippen MR) is 135 cm³/mol. The summed E-state index contributed by atoms with van der Waals surface area (Å²) in [4.78, 5) is 15.7. The molecule has 5 nitrogen and oxygen atoms in total. The maximum absolute atomic E-state index is 13.8. The molecule has 1 aliphatic heterocycles. The molecule has 2 aromatic rings. The van der Waals surface area contributed by atoms with E-state index in [1.807, 2.05) is 60.4 Å². The number of hydrogen-bond donors (Lipinski definition) is 1. The van der Waals surface area contributed by atoms with E-state index in [9.17, 15) is 13.2 Å². The smallest absolute Gasteiger partial charge is 0.226 e. The second kappa shape index (κ2) is 11.0. The highest BCUT2D eigenvalue weighted by atomic mass is 35.5. The van der Waals surface area contributed by atoms with Crippen LogP contribution >= 0.6 is 23.2 Å². The van der Waals surface area contributed by atoms with Crippen molar-refractivity contribution in [3.8, 4) is 0 Å². The molecule has 0 aliphatic carbocycles. The minimum absolute atomic E-state index is 0.00952. The molecule has 33 heavy (non-hydrogen) atoms. The highest BCUT2D eigenvalue weighted by molar-refractivity contribution is 7.88. The first-order valence-corrected chi connectivity index (χ1v) is 13.7. The van der Waals surface area contributed by atoms with E-state index in [2.05, 4.69) is 11.3 Å². The lowest BCUT2D eigenvalue weighted by Crippen LogP contribution is -2.54. The summed E-state index contributed by atoms with van der Waals surface area (Å²) in [5.74, 6) is -0.266. The molecule has 1 N–H and O–H groups in total. The van der Waals surface area contributed by atoms with Crippen molar-refractivity contribution < 1.29 is 13.2 Å². The molecule has 0 aromatic heterocycles. The number of benzene rings is 2. The van der Waals surface area contributed by atoms with Gasteiger partial charge < -0.3 is 4.90 Å². The van der Waals surface area contributed by atoms with Crippen molar-refractivity contribution >= 4 is 39.1 Å². The number of rotatable bonds is 9. The first kappa shape index (κ1) is 25.8. The molecule has 0 bridgehead atoms. The van der Waals surface area contributed by atoms with Gasteiger partial charge in [0.25, 0.3) is 0 Å². The van der Waals surface area contributed by atoms with Crippen LogP contribution in [-0.4, -0.2) is 38.1 Å². The van der Waals surface area contributed by atoms with Gasteiger partial charge >= 0.3 is 0 Å². The first-order valence-electron chi connectivity index (χ1n) is 11.0. The van der Waals surface area contributed by atoms with E-state index in [1.54, 1.807) is 6.08 Å². The molecule has 4 atom stereocenters. The summed E-state index contributed by atoms with van der Waals surface area (Å²) < 4.78 is 26.3. The molecule has 1 saturated heterocycles. The van der Waals surface area contributed by atoms with E-state index < -0.39 is 10.0 Å². The molecule has 1 aliphatic rings. The normalized spacial score (nSPS) is 22.2. The van der Waals surface area contributed by atoms with Crippen LogP contribution in [0, 0.1) is 5.92 Å². The zero-order valence-corrected chi connectivity index (χ0v) is 21.2. The van der Waals surface area contributed by atoms with Gasteiger partial charge in [-0.3, -0.25) is 4.79 Å². The van der Waals surface area contributed by atoms with Crippen molar-refractivity contribution in [1.82, 2.24) is 9.62 Å². The second-order valence-corrected chi connectivity index (χ2v) is 11.2. The number of nitrogens with zero attached hydrogens (tertiary/aromatic N) is 1. The molecule has 0 unspecified atom stereocenters. The summed E-state index contributed by atoms with van der Waals surface area (Å²) in [5, 5.41) is 1.25. The summed E-state index contributed by atoms with van der Waals surface area (Å²) in [7, 11) is -3.41. The van der Waals surface area contributed by atoms with E-state index in [4.69, 9.17) is 23.2 Å². The largest absolute Gasteiger partial charge is 0.330 e. The van der Waals surface area contributed by atoms with Crippen molar-refractivity contribution in [3.63, 3.8) is 0 Å². The Labute approximate surface area is 206 Å². The van der Waals surface area contributed by atoms with Crippen LogP contribution in [0.5, 0.6) is 0 Å². The number of likely N-dealkylation sites (tertiary alicyclic amines) is 1. The summed E-state index contributed by atoms with van der Waals surface area (Å²) in [6.45, 7) is 5.96. The summed E-state index contributed by atoms with van der Waals surface area (Å²) in [6, 6.07) is 14.6. The molecule has 3 rings (SSSR count). The number of amides is 1. The van der Waals surface area contributed by atoms with Gasteiger partial charge in [-0.1, -0.05) is 60.5 Å². The molecule has 0 saturated carbocycles. The van der Waals surface area contributed by atoms with E-state index >= 15 is 0 Å². The number of sulfonamides is 1. The zero-order valence-electron chi connectivity index (χ0n) is 18.9. The second-order valence-electron chi connectivity index (χ2n) is 8.54. The topological polar surface area (TPSA) is 66.5 Å². The Bertz CT molecular complexity index is 1090. The van der Waals surface area contributed by atoms with Crippen molar-refractivity contribution in [1.29, 1.82) is 0 Å². The van der Waals surface area contributed by atoms with Crippen molar-refractivity contribution in [2.45, 2.75) is 44.2 Å². The first-order chi connectivity index (χ1) is 15.6. The lowest BCUT2D eigenvalue weighted by Gasteiger charge is -2.48. The minimum atomic E-state index is -3.41. The van der Waals surface area contributed by atoms with Gasteiger partial charge in [-0.05, 0) is 54.7 Å². The molecule has 1 amide bonds. The number of carbonyl (C=O) groups is 1. The number of piperidine rings is 1. The Morgan fingerprint density at radius 1 is 1.15 bits per heavy atom. The molecule has 1 fully saturated rings. The molecule has 1 heterocycles. The summed E-state index contributed by atoms with van der Waals surface area (Å²) >= 11 is 12.5. The standard InChI is InChI=1S/C25H30Cl2N2O3S/c1-4-7-19-15-23(18-8-6-9-21(27)14-18)24(17-10-12-20(26)13-11-17)29(25(19)30)22(5-2)16-28-33(3,31)32/h4,6,8-14,19,22-24,28H,1,5,7,15-16H2,2-3H3/t19-,22+,23+,24+/m0/s1. The maximum Gasteiger partial charge on any atom is 0.226 e. The summed E-state index contributed by atoms with van der Waals surface area (Å²) in [6.07, 6.45) is 4.69. The van der Waals surface area contributed by atoms with Gasteiger partial charge in [-0.2, -0.15) is 0 Å². The van der Waals surface area contributed by atoms with Gasteiger partial charge in [0, 0.05) is 34.5 Å². The molecule has 0 radical (unpaired) electrons. The molecular weight excluding hydrogens is 479 g/mol. The maximum atomic E-state index is 13.8. The SMILES string of the molecule is C=CC[C@H]1C[C@H](c2cccc(Cl)c2)[C@@H](c2ccc(Cl)cc2)N([C@H](CC)CNS(C)(=O)=O)C1=O.